The highest BCUT2D eigenvalue weighted by Gasteiger charge is 2.71. The number of carboxylic acid groups (broad SMARTS) is 1. The Morgan fingerprint density at radius 3 is 2.14 bits per heavy atom. The van der Waals surface area contributed by atoms with Crippen LogP contribution in [0.5, 0.6) is 0 Å². The molecule has 1 aromatic carbocycles. The van der Waals surface area contributed by atoms with Gasteiger partial charge in [0, 0.05) is 36.5 Å². The van der Waals surface area contributed by atoms with Gasteiger partial charge in [0.15, 0.2) is 5.78 Å². The van der Waals surface area contributed by atoms with Crippen LogP contribution in [-0.4, -0.2) is 77.6 Å². The third kappa shape index (κ3) is 7.20. The van der Waals surface area contributed by atoms with Crippen LogP contribution < -0.4 is 0 Å². The maximum absolute atomic E-state index is 15.1. The Hall–Kier alpha value is -3.04. The number of benzene rings is 1. The highest BCUT2D eigenvalue weighted by Crippen LogP contribution is 2.77. The van der Waals surface area contributed by atoms with E-state index in [1.165, 1.54) is 0 Å². The number of amides is 1. The molecule has 10 heteroatoms. The first kappa shape index (κ1) is 44.5. The molecule has 0 unspecified atom stereocenters. The van der Waals surface area contributed by atoms with Crippen molar-refractivity contribution < 1.29 is 33.8 Å². The molecule has 0 aromatic heterocycles. The number of halogens is 1. The average Bonchev–Trinajstić information content (AvgIpc) is 3.44. The van der Waals surface area contributed by atoms with E-state index in [4.69, 9.17) is 16.3 Å². The second-order valence-electron chi connectivity index (χ2n) is 21.5. The van der Waals surface area contributed by atoms with Gasteiger partial charge in [0.1, 0.15) is 6.10 Å². The highest BCUT2D eigenvalue weighted by molar-refractivity contribution is 6.40. The van der Waals surface area contributed by atoms with Crippen LogP contribution in [0.4, 0.5) is 0 Å². The second-order valence-corrected chi connectivity index (χ2v) is 21.9. The van der Waals surface area contributed by atoms with Gasteiger partial charge in [-0.15, -0.1) is 0 Å². The summed E-state index contributed by atoms with van der Waals surface area (Å²) in [4.78, 5) is 72.7. The largest absolute Gasteiger partial charge is 0.481 e. The molecule has 0 bridgehead atoms. The summed E-state index contributed by atoms with van der Waals surface area (Å²) in [6, 6.07) is 7.40. The Balaban J connectivity index is 1.31. The normalized spacial score (nSPS) is 34.2. The van der Waals surface area contributed by atoms with Crippen LogP contribution in [0.1, 0.15) is 132 Å². The van der Waals surface area contributed by atoms with E-state index in [0.717, 1.165) is 61.7 Å². The molecule has 0 aliphatic heterocycles. The third-order valence-electron chi connectivity index (χ3n) is 16.8. The zero-order chi connectivity index (χ0) is 43.0. The van der Waals surface area contributed by atoms with Crippen molar-refractivity contribution in [3.8, 4) is 0 Å². The number of esters is 1. The molecule has 6 rings (SSSR count). The maximum Gasteiger partial charge on any atom is 0.309 e. The van der Waals surface area contributed by atoms with Crippen LogP contribution in [0.25, 0.3) is 0 Å². The van der Waals surface area contributed by atoms with E-state index in [1.807, 2.05) is 31.1 Å². The van der Waals surface area contributed by atoms with Crippen molar-refractivity contribution in [2.45, 2.75) is 139 Å². The molecule has 4 fully saturated rings. The van der Waals surface area contributed by atoms with E-state index >= 15 is 4.79 Å². The molecule has 1 amide bonds. The number of hydrogen-bond donors (Lipinski definition) is 1. The first-order chi connectivity index (χ1) is 26.9. The number of nitrogens with zero attached hydrogens (tertiary/aromatic N) is 2. The zero-order valence-electron chi connectivity index (χ0n) is 37.1. The van der Waals surface area contributed by atoms with Gasteiger partial charge in [-0.1, -0.05) is 72.2 Å². The van der Waals surface area contributed by atoms with Crippen molar-refractivity contribution in [3.63, 3.8) is 0 Å². The lowest BCUT2D eigenvalue weighted by Crippen LogP contribution is -2.66. The van der Waals surface area contributed by atoms with Crippen molar-refractivity contribution in [1.29, 1.82) is 0 Å². The number of allylic oxidation sites excluding steroid dienone is 2. The standard InChI is InChI=1S/C48H69ClN2O7/c1-29(2)38-33(52)26-48(40(54)41(55)51(25-24-50(10)11)28-30-12-14-31(49)15-13-30)23-22-46(8)32(39(38)48)16-17-35-45(7)20-19-36(58-37(53)27-43(3,4)42(56)57)44(5,6)34(45)18-21-47(35,46)9/h12-15,29,32,34-36H,16-28H2,1-11H3,(H,56,57)/t32-,34+,35-,36+,45+,46-,47-,48-/m1/s1. The number of carboxylic acids is 1. The summed E-state index contributed by atoms with van der Waals surface area (Å²) in [5.41, 5.74) is -0.276. The number of fused-ring (bicyclic) bond motifs is 7. The van der Waals surface area contributed by atoms with Gasteiger partial charge in [-0.25, -0.2) is 0 Å². The van der Waals surface area contributed by atoms with E-state index < -0.39 is 34.5 Å². The predicted octanol–water partition coefficient (Wildman–Crippen LogP) is 9.19. The first-order valence-corrected chi connectivity index (χ1v) is 22.2. The lowest BCUT2D eigenvalue weighted by Gasteiger charge is -2.72. The Kier molecular flexibility index (Phi) is 11.9. The van der Waals surface area contributed by atoms with E-state index in [2.05, 4.69) is 48.5 Å². The Morgan fingerprint density at radius 2 is 1.53 bits per heavy atom. The van der Waals surface area contributed by atoms with Gasteiger partial charge in [0.2, 0.25) is 5.78 Å². The van der Waals surface area contributed by atoms with Crippen molar-refractivity contribution in [2.75, 3.05) is 27.2 Å². The molecule has 5 aliphatic rings. The number of ketones is 2. The van der Waals surface area contributed by atoms with Crippen LogP contribution in [0.3, 0.4) is 0 Å². The number of rotatable bonds is 12. The second kappa shape index (κ2) is 15.5. The minimum atomic E-state index is -1.20. The quantitative estimate of drug-likeness (QED) is 0.164. The minimum absolute atomic E-state index is 0.0117. The molecule has 5 aliphatic carbocycles. The van der Waals surface area contributed by atoms with E-state index in [0.29, 0.717) is 36.4 Å². The molecule has 0 heterocycles. The number of carbonyl (C=O) groups is 5. The molecule has 0 spiro atoms. The monoisotopic (exact) mass is 820 g/mol. The van der Waals surface area contributed by atoms with Crippen molar-refractivity contribution in [3.05, 3.63) is 46.0 Å². The molecule has 0 radical (unpaired) electrons. The lowest BCUT2D eigenvalue weighted by atomic mass is 9.33. The van der Waals surface area contributed by atoms with Crippen LogP contribution in [0.2, 0.25) is 5.02 Å². The maximum atomic E-state index is 15.1. The van der Waals surface area contributed by atoms with Gasteiger partial charge >= 0.3 is 11.9 Å². The van der Waals surface area contributed by atoms with Crippen LogP contribution >= 0.6 is 11.6 Å². The molecule has 320 valence electrons. The summed E-state index contributed by atoms with van der Waals surface area (Å²) in [5, 5.41) is 10.3. The third-order valence-corrected chi connectivity index (χ3v) is 17.1. The van der Waals surface area contributed by atoms with Gasteiger partial charge in [-0.2, -0.15) is 0 Å². The Bertz CT molecular complexity index is 1870. The topological polar surface area (TPSA) is 121 Å². The van der Waals surface area contributed by atoms with Gasteiger partial charge in [0.05, 0.1) is 17.3 Å². The van der Waals surface area contributed by atoms with Crippen LogP contribution in [0.15, 0.2) is 35.4 Å². The molecule has 9 nitrogen and oxygen atoms in total. The smallest absolute Gasteiger partial charge is 0.309 e. The number of carbonyl (C=O) groups excluding carboxylic acids is 4. The van der Waals surface area contributed by atoms with Crippen molar-refractivity contribution in [2.24, 2.45) is 56.2 Å². The molecular weight excluding hydrogens is 752 g/mol. The van der Waals surface area contributed by atoms with E-state index in [9.17, 15) is 24.3 Å². The molecular formula is C48H69ClN2O7. The minimum Gasteiger partial charge on any atom is -0.481 e. The number of likely N-dealkylation sites (N-methyl/N-ethyl adjacent to an activating group) is 1. The molecule has 4 saturated carbocycles. The van der Waals surface area contributed by atoms with Crippen molar-refractivity contribution in [1.82, 2.24) is 9.80 Å². The first-order valence-electron chi connectivity index (χ1n) is 21.8. The fraction of sp³-hybridized carbons (Fsp3) is 0.729. The number of Topliss-reactive ketones (excluding diaryl/α,β-unsaturated/α-hetero) is 2. The summed E-state index contributed by atoms with van der Waals surface area (Å²) < 4.78 is 6.17. The summed E-state index contributed by atoms with van der Waals surface area (Å²) in [5.74, 6) is -1.74. The van der Waals surface area contributed by atoms with E-state index in [1.54, 1.807) is 30.9 Å². The van der Waals surface area contributed by atoms with Gasteiger partial charge in [0.25, 0.3) is 5.91 Å². The molecule has 1 aromatic rings. The fourth-order valence-electron chi connectivity index (χ4n) is 13.5. The van der Waals surface area contributed by atoms with Crippen LogP contribution in [0, 0.1) is 56.2 Å². The van der Waals surface area contributed by atoms with Crippen LogP contribution in [-0.2, 0) is 35.3 Å². The summed E-state index contributed by atoms with van der Waals surface area (Å²) in [6.45, 7) is 20.4. The average molecular weight is 822 g/mol. The summed E-state index contributed by atoms with van der Waals surface area (Å²) in [7, 11) is 3.91. The zero-order valence-corrected chi connectivity index (χ0v) is 37.8. The molecule has 1 N–H and O–H groups in total. The Morgan fingerprint density at radius 1 is 0.879 bits per heavy atom. The number of ether oxygens (including phenoxy) is 1. The fourth-order valence-corrected chi connectivity index (χ4v) is 13.6. The summed E-state index contributed by atoms with van der Waals surface area (Å²) >= 11 is 6.19. The molecule has 8 atom stereocenters. The number of aliphatic carboxylic acids is 1. The molecule has 0 saturated heterocycles. The number of hydrogen-bond acceptors (Lipinski definition) is 7. The summed E-state index contributed by atoms with van der Waals surface area (Å²) in [6.07, 6.45) is 6.29. The SMILES string of the molecule is CC(C)C1=C2[C@H]3CC[C@@H]4[C@@]5(C)CC[C@H](OC(=O)CC(C)(C)C(=O)O)C(C)(C)[C@@H]5CC[C@@]4(C)[C@]3(C)CC[C@@]2(C(=O)C(=O)N(CCN(C)C)Cc2ccc(Cl)cc2)CC1=O. The molecule has 58 heavy (non-hydrogen) atoms. The highest BCUT2D eigenvalue weighted by atomic mass is 35.5. The van der Waals surface area contributed by atoms with Gasteiger partial charge < -0.3 is 19.6 Å². The van der Waals surface area contributed by atoms with Crippen molar-refractivity contribution >= 4 is 41.0 Å². The van der Waals surface area contributed by atoms with Gasteiger partial charge in [-0.05, 0) is 148 Å². The lowest BCUT2D eigenvalue weighted by molar-refractivity contribution is -0.233. The Labute approximate surface area is 352 Å². The van der Waals surface area contributed by atoms with Gasteiger partial charge in [-0.3, -0.25) is 24.0 Å². The predicted molar refractivity (Wildman–Crippen MR) is 226 cm³/mol. The van der Waals surface area contributed by atoms with E-state index in [-0.39, 0.29) is 64.8 Å².